The van der Waals surface area contributed by atoms with Crippen molar-refractivity contribution in [1.29, 1.82) is 0 Å². The summed E-state index contributed by atoms with van der Waals surface area (Å²) in [5, 5.41) is 2.21. The maximum atomic E-state index is 4.84. The Balaban J connectivity index is 1.28. The molecule has 0 spiro atoms. The number of aliphatic imine (C=N–C) groups is 2. The van der Waals surface area contributed by atoms with Gasteiger partial charge in [0.1, 0.15) is 10.0 Å². The number of para-hydroxylation sites is 4. The molecule has 0 amide bonds. The van der Waals surface area contributed by atoms with Crippen LogP contribution in [0, 0.1) is 0 Å². The fourth-order valence-electron chi connectivity index (χ4n) is 4.75. The molecule has 0 unspecified atom stereocenters. The van der Waals surface area contributed by atoms with E-state index >= 15 is 0 Å². The van der Waals surface area contributed by atoms with Crippen molar-refractivity contribution in [3.63, 3.8) is 0 Å². The van der Waals surface area contributed by atoms with Gasteiger partial charge < -0.3 is 9.80 Å². The van der Waals surface area contributed by atoms with E-state index in [1.54, 1.807) is 22.7 Å². The van der Waals surface area contributed by atoms with Crippen molar-refractivity contribution in [3.05, 3.63) is 162 Å². The Morgan fingerprint density at radius 1 is 0.535 bits per heavy atom. The van der Waals surface area contributed by atoms with Gasteiger partial charge in [-0.2, -0.15) is 0 Å². The monoisotopic (exact) mass is 594 g/mol. The normalized spacial score (nSPS) is 11.7. The minimum absolute atomic E-state index is 0.739. The summed E-state index contributed by atoms with van der Waals surface area (Å²) in [6.45, 7) is 5.89. The van der Waals surface area contributed by atoms with E-state index in [9.17, 15) is 0 Å². The van der Waals surface area contributed by atoms with Crippen LogP contribution in [0.3, 0.4) is 0 Å². The Morgan fingerprint density at radius 3 is 1.30 bits per heavy atom. The van der Waals surface area contributed by atoms with Gasteiger partial charge >= 0.3 is 0 Å². The zero-order valence-corrected chi connectivity index (χ0v) is 25.4. The smallest absolute Gasteiger partial charge is 0.101 e. The van der Waals surface area contributed by atoms with Crippen LogP contribution >= 0.6 is 22.7 Å². The minimum Gasteiger partial charge on any atom is -0.302 e. The molecule has 2 heterocycles. The molecule has 0 saturated heterocycles. The average molecular weight is 595 g/mol. The molecule has 0 saturated carbocycles. The summed E-state index contributed by atoms with van der Waals surface area (Å²) in [6.07, 6.45) is 1.82. The maximum Gasteiger partial charge on any atom is 0.101 e. The van der Waals surface area contributed by atoms with Crippen LogP contribution in [-0.2, 0) is 0 Å². The molecule has 0 atom stereocenters. The van der Waals surface area contributed by atoms with Gasteiger partial charge in [-0.05, 0) is 86.4 Å². The topological polar surface area (TPSA) is 31.2 Å². The molecule has 2 aromatic heterocycles. The van der Waals surface area contributed by atoms with Gasteiger partial charge in [-0.15, -0.1) is 22.7 Å². The predicted octanol–water partition coefficient (Wildman–Crippen LogP) is 11.3. The van der Waals surface area contributed by atoms with Gasteiger partial charge in [0.05, 0.1) is 27.4 Å². The Labute approximate surface area is 260 Å². The Kier molecular flexibility index (Phi) is 8.69. The lowest BCUT2D eigenvalue weighted by molar-refractivity contribution is 1.32. The number of hydrogen-bond acceptors (Lipinski definition) is 6. The van der Waals surface area contributed by atoms with E-state index in [2.05, 4.69) is 143 Å². The summed E-state index contributed by atoms with van der Waals surface area (Å²) in [5.41, 5.74) is 6.09. The molecule has 43 heavy (non-hydrogen) atoms. The van der Waals surface area contributed by atoms with Crippen LogP contribution in [0.15, 0.2) is 162 Å². The van der Waals surface area contributed by atoms with E-state index in [0.29, 0.717) is 0 Å². The molecule has 4 aromatic carbocycles. The quantitative estimate of drug-likeness (QED) is 0.148. The van der Waals surface area contributed by atoms with E-state index in [4.69, 9.17) is 4.99 Å². The second kappa shape index (κ2) is 13.3. The van der Waals surface area contributed by atoms with Crippen molar-refractivity contribution >= 4 is 73.6 Å². The van der Waals surface area contributed by atoms with Crippen LogP contribution in [0.4, 0.5) is 32.8 Å². The fourth-order valence-corrected chi connectivity index (χ4v) is 6.77. The fraction of sp³-hybridized carbons (Fsp3) is 0.0270. The van der Waals surface area contributed by atoms with Gasteiger partial charge in [0.25, 0.3) is 0 Å². The number of benzene rings is 4. The second-order valence-electron chi connectivity index (χ2n) is 9.68. The zero-order valence-electron chi connectivity index (χ0n) is 23.7. The number of anilines is 6. The van der Waals surface area contributed by atoms with Crippen LogP contribution in [0.1, 0.15) is 16.7 Å². The zero-order chi connectivity index (χ0) is 29.4. The highest BCUT2D eigenvalue weighted by molar-refractivity contribution is 7.18. The molecule has 0 bridgehead atoms. The highest BCUT2D eigenvalue weighted by atomic mass is 32.1. The van der Waals surface area contributed by atoms with Crippen molar-refractivity contribution < 1.29 is 0 Å². The van der Waals surface area contributed by atoms with Crippen molar-refractivity contribution in [2.45, 2.75) is 6.92 Å². The second-order valence-corrected chi connectivity index (χ2v) is 11.8. The van der Waals surface area contributed by atoms with Gasteiger partial charge in [-0.3, -0.25) is 9.98 Å². The van der Waals surface area contributed by atoms with Gasteiger partial charge in [-0.25, -0.2) is 0 Å². The van der Waals surface area contributed by atoms with E-state index in [-0.39, 0.29) is 0 Å². The van der Waals surface area contributed by atoms with Crippen LogP contribution in [-0.4, -0.2) is 12.4 Å². The van der Waals surface area contributed by atoms with Gasteiger partial charge in [0, 0.05) is 22.7 Å². The molecular formula is C37H30N4S2. The van der Waals surface area contributed by atoms with E-state index < -0.39 is 0 Å². The highest BCUT2D eigenvalue weighted by Crippen LogP contribution is 2.41. The minimum atomic E-state index is 0.739. The van der Waals surface area contributed by atoms with Crippen LogP contribution < -0.4 is 9.80 Å². The maximum absolute atomic E-state index is 4.84. The molecule has 0 aliphatic rings. The molecule has 6 heteroatoms. The van der Waals surface area contributed by atoms with Gasteiger partial charge in [0.2, 0.25) is 0 Å². The molecule has 0 aliphatic heterocycles. The Hall–Kier alpha value is -5.04. The third-order valence-corrected chi connectivity index (χ3v) is 9.11. The van der Waals surface area contributed by atoms with Crippen molar-refractivity contribution in [2.75, 3.05) is 9.80 Å². The van der Waals surface area contributed by atoms with Crippen molar-refractivity contribution in [1.82, 2.24) is 0 Å². The predicted molar refractivity (Wildman–Crippen MR) is 188 cm³/mol. The number of thiophene rings is 2. The number of rotatable bonds is 10. The Morgan fingerprint density at radius 2 is 0.907 bits per heavy atom. The SMILES string of the molecule is C=N/C(=C\N=C(C)c1ccc(N(c2ccccc2)c2ccccc2)s1)c1ccc(N(c2ccccc2)c2ccccc2)s1. The molecule has 0 N–H and O–H groups in total. The first-order chi connectivity index (χ1) is 21.2. The summed E-state index contributed by atoms with van der Waals surface area (Å²) in [4.78, 5) is 15.8. The first-order valence-corrected chi connectivity index (χ1v) is 15.6. The van der Waals surface area contributed by atoms with E-state index in [0.717, 1.165) is 53.9 Å². The lowest BCUT2D eigenvalue weighted by atomic mass is 10.2. The largest absolute Gasteiger partial charge is 0.302 e. The van der Waals surface area contributed by atoms with Crippen LogP contribution in [0.5, 0.6) is 0 Å². The standard InChI is InChI=1S/C37H30N4S2/c1-28(34-23-25-36(42-34)40(29-15-7-3-8-16-29)30-17-9-4-10-18-30)39-27-33(38-2)35-24-26-37(43-35)41(31-19-11-5-12-20-31)32-21-13-6-14-22-32/h3-27H,2H2,1H3/b33-27-,39-28?. The Bertz CT molecular complexity index is 1760. The average Bonchev–Trinajstić information content (AvgIpc) is 3.75. The van der Waals surface area contributed by atoms with E-state index in [1.807, 2.05) is 37.4 Å². The first kappa shape index (κ1) is 28.1. The van der Waals surface area contributed by atoms with Crippen molar-refractivity contribution in [3.8, 4) is 0 Å². The molecule has 210 valence electrons. The summed E-state index contributed by atoms with van der Waals surface area (Å²) < 4.78 is 0. The summed E-state index contributed by atoms with van der Waals surface area (Å²) >= 11 is 3.38. The highest BCUT2D eigenvalue weighted by Gasteiger charge is 2.17. The van der Waals surface area contributed by atoms with E-state index in [1.165, 1.54) is 0 Å². The van der Waals surface area contributed by atoms with Gasteiger partial charge in [0.15, 0.2) is 0 Å². The van der Waals surface area contributed by atoms with Crippen molar-refractivity contribution in [2.24, 2.45) is 9.98 Å². The lowest BCUT2D eigenvalue weighted by Gasteiger charge is -2.23. The number of hydrogen-bond donors (Lipinski definition) is 0. The van der Waals surface area contributed by atoms with Crippen LogP contribution in [0.25, 0.3) is 5.70 Å². The number of nitrogens with zero attached hydrogens (tertiary/aromatic N) is 4. The molecule has 0 radical (unpaired) electrons. The third-order valence-electron chi connectivity index (χ3n) is 6.84. The molecule has 0 fully saturated rings. The first-order valence-electron chi connectivity index (χ1n) is 13.9. The molecule has 6 aromatic rings. The summed E-state index contributed by atoms with van der Waals surface area (Å²) in [7, 11) is 0. The van der Waals surface area contributed by atoms with Gasteiger partial charge in [-0.1, -0.05) is 72.8 Å². The molecule has 6 rings (SSSR count). The van der Waals surface area contributed by atoms with Crippen LogP contribution in [0.2, 0.25) is 0 Å². The molecule has 4 nitrogen and oxygen atoms in total. The summed E-state index contributed by atoms with van der Waals surface area (Å²) in [6, 6.07) is 50.1. The molecular weight excluding hydrogens is 565 g/mol. The molecule has 0 aliphatic carbocycles. The third kappa shape index (κ3) is 6.41. The summed E-state index contributed by atoms with van der Waals surface area (Å²) in [5.74, 6) is 0. The lowest BCUT2D eigenvalue weighted by Crippen LogP contribution is -2.07.